The molecule has 128 valence electrons. The number of hydrogen-bond donors (Lipinski definition) is 0. The van der Waals surface area contributed by atoms with Crippen molar-refractivity contribution in [2.45, 2.75) is 18.9 Å². The zero-order valence-corrected chi connectivity index (χ0v) is 12.2. The van der Waals surface area contributed by atoms with Gasteiger partial charge in [0.25, 0.3) is 0 Å². The van der Waals surface area contributed by atoms with E-state index in [1.807, 2.05) is 0 Å². The third-order valence-electron chi connectivity index (χ3n) is 2.90. The van der Waals surface area contributed by atoms with E-state index in [-0.39, 0.29) is 23.8 Å². The van der Waals surface area contributed by atoms with E-state index in [9.17, 15) is 26.3 Å². The first-order chi connectivity index (χ1) is 11.1. The SMILES string of the molecule is FC(F)(F)c1ccn(Cc2nc(-c3cscc3C(F)(F)F)no2)n1. The molecule has 24 heavy (non-hydrogen) atoms. The van der Waals surface area contributed by atoms with Gasteiger partial charge in [0.05, 0.1) is 5.56 Å². The Labute approximate surface area is 133 Å². The van der Waals surface area contributed by atoms with Gasteiger partial charge >= 0.3 is 12.4 Å². The Morgan fingerprint density at radius 2 is 1.83 bits per heavy atom. The molecule has 12 heteroatoms. The van der Waals surface area contributed by atoms with Crippen molar-refractivity contribution in [1.82, 2.24) is 19.9 Å². The molecule has 3 aromatic heterocycles. The minimum Gasteiger partial charge on any atom is -0.337 e. The maximum atomic E-state index is 12.8. The molecular formula is C12H6F6N4OS. The van der Waals surface area contributed by atoms with E-state index in [2.05, 4.69) is 15.2 Å². The van der Waals surface area contributed by atoms with E-state index in [1.165, 1.54) is 5.38 Å². The van der Waals surface area contributed by atoms with Crippen LogP contribution in [0.3, 0.4) is 0 Å². The van der Waals surface area contributed by atoms with Crippen molar-refractivity contribution in [3.05, 3.63) is 40.2 Å². The maximum absolute atomic E-state index is 12.8. The first-order valence-corrected chi connectivity index (χ1v) is 7.16. The van der Waals surface area contributed by atoms with Crippen molar-refractivity contribution >= 4 is 11.3 Å². The molecule has 3 rings (SSSR count). The van der Waals surface area contributed by atoms with Crippen LogP contribution in [0.15, 0.2) is 27.5 Å². The Hall–Kier alpha value is -2.37. The predicted octanol–water partition coefficient (Wildman–Crippen LogP) is 4.08. The van der Waals surface area contributed by atoms with Crippen LogP contribution in [-0.2, 0) is 18.9 Å². The second-order valence-corrected chi connectivity index (χ2v) is 5.35. The Bertz CT molecular complexity index is 846. The molecule has 0 aliphatic rings. The fourth-order valence-electron chi connectivity index (χ4n) is 1.86. The number of aromatic nitrogens is 4. The second-order valence-electron chi connectivity index (χ2n) is 4.60. The van der Waals surface area contributed by atoms with Crippen LogP contribution in [0.5, 0.6) is 0 Å². The summed E-state index contributed by atoms with van der Waals surface area (Å²) in [6.07, 6.45) is -8.11. The van der Waals surface area contributed by atoms with E-state index in [1.54, 1.807) is 0 Å². The lowest BCUT2D eigenvalue weighted by Gasteiger charge is -2.04. The summed E-state index contributed by atoms with van der Waals surface area (Å²) in [5.74, 6) is -0.456. The summed E-state index contributed by atoms with van der Waals surface area (Å²) in [4.78, 5) is 3.78. The first kappa shape index (κ1) is 16.5. The summed E-state index contributed by atoms with van der Waals surface area (Å²) in [5, 5.41) is 8.86. The minimum atomic E-state index is -4.59. The number of alkyl halides is 6. The summed E-state index contributed by atoms with van der Waals surface area (Å²) in [6.45, 7) is -0.297. The van der Waals surface area contributed by atoms with Crippen LogP contribution < -0.4 is 0 Å². The highest BCUT2D eigenvalue weighted by atomic mass is 32.1. The number of hydrogen-bond acceptors (Lipinski definition) is 5. The molecule has 0 aliphatic carbocycles. The number of rotatable bonds is 3. The van der Waals surface area contributed by atoms with Gasteiger partial charge in [-0.2, -0.15) is 47.8 Å². The van der Waals surface area contributed by atoms with Crippen molar-refractivity contribution < 1.29 is 30.9 Å². The lowest BCUT2D eigenvalue weighted by Crippen LogP contribution is -2.08. The molecule has 0 unspecified atom stereocenters. The molecule has 0 N–H and O–H groups in total. The summed E-state index contributed by atoms with van der Waals surface area (Å²) < 4.78 is 81.6. The fourth-order valence-corrected chi connectivity index (χ4v) is 2.69. The number of thiophene rings is 1. The lowest BCUT2D eigenvalue weighted by molar-refractivity contribution is -0.141. The van der Waals surface area contributed by atoms with E-state index < -0.39 is 23.6 Å². The van der Waals surface area contributed by atoms with Crippen molar-refractivity contribution in [2.24, 2.45) is 0 Å². The van der Waals surface area contributed by atoms with Crippen LogP contribution in [0.1, 0.15) is 17.1 Å². The van der Waals surface area contributed by atoms with Gasteiger partial charge < -0.3 is 4.52 Å². The van der Waals surface area contributed by atoms with Crippen LogP contribution in [0.2, 0.25) is 0 Å². The number of nitrogens with zero attached hydrogens (tertiary/aromatic N) is 4. The van der Waals surface area contributed by atoms with Gasteiger partial charge in [-0.25, -0.2) is 0 Å². The van der Waals surface area contributed by atoms with Gasteiger partial charge in [-0.1, -0.05) is 5.16 Å². The van der Waals surface area contributed by atoms with E-state index in [4.69, 9.17) is 4.52 Å². The van der Waals surface area contributed by atoms with Crippen LogP contribution in [0.4, 0.5) is 26.3 Å². The molecule has 0 saturated carbocycles. The molecule has 0 amide bonds. The molecule has 0 atom stereocenters. The van der Waals surface area contributed by atoms with Crippen molar-refractivity contribution in [1.29, 1.82) is 0 Å². The van der Waals surface area contributed by atoms with Crippen LogP contribution in [-0.4, -0.2) is 19.9 Å². The van der Waals surface area contributed by atoms with Gasteiger partial charge in [0.2, 0.25) is 11.7 Å². The molecule has 3 aromatic rings. The highest BCUT2D eigenvalue weighted by molar-refractivity contribution is 7.08. The predicted molar refractivity (Wildman–Crippen MR) is 68.9 cm³/mol. The number of halogens is 6. The van der Waals surface area contributed by atoms with Gasteiger partial charge in [-0.05, 0) is 6.07 Å². The van der Waals surface area contributed by atoms with Crippen LogP contribution >= 0.6 is 11.3 Å². The summed E-state index contributed by atoms with van der Waals surface area (Å²) in [7, 11) is 0. The third-order valence-corrected chi connectivity index (χ3v) is 3.65. The molecule has 5 nitrogen and oxygen atoms in total. The van der Waals surface area contributed by atoms with Crippen molar-refractivity contribution in [3.63, 3.8) is 0 Å². The Kier molecular flexibility index (Phi) is 3.86. The normalized spacial score (nSPS) is 12.8. The lowest BCUT2D eigenvalue weighted by atomic mass is 10.2. The molecule has 0 saturated heterocycles. The van der Waals surface area contributed by atoms with Crippen molar-refractivity contribution in [2.75, 3.05) is 0 Å². The van der Waals surface area contributed by atoms with Gasteiger partial charge in [0.1, 0.15) is 6.54 Å². The molecular weight excluding hydrogens is 362 g/mol. The molecule has 0 spiro atoms. The molecule has 0 bridgehead atoms. The quantitative estimate of drug-likeness (QED) is 0.654. The Morgan fingerprint density at radius 1 is 1.08 bits per heavy atom. The van der Waals surface area contributed by atoms with E-state index in [0.717, 1.165) is 33.7 Å². The monoisotopic (exact) mass is 368 g/mol. The molecule has 0 aliphatic heterocycles. The summed E-state index contributed by atoms with van der Waals surface area (Å²) in [6, 6.07) is 0.762. The zero-order chi connectivity index (χ0) is 17.5. The molecule has 0 radical (unpaired) electrons. The molecule has 0 fully saturated rings. The standard InChI is InChI=1S/C12H6F6N4OS/c13-11(14,15)7-5-24-4-6(7)10-19-9(23-21-10)3-22-2-1-8(20-22)12(16,17)18/h1-2,4-5H,3H2. The molecule has 3 heterocycles. The van der Waals surface area contributed by atoms with Crippen LogP contribution in [0.25, 0.3) is 11.4 Å². The average molecular weight is 368 g/mol. The summed E-state index contributed by atoms with van der Waals surface area (Å²) in [5.41, 5.74) is -2.25. The average Bonchev–Trinajstić information content (AvgIpc) is 3.16. The maximum Gasteiger partial charge on any atom is 0.435 e. The van der Waals surface area contributed by atoms with E-state index >= 15 is 0 Å². The topological polar surface area (TPSA) is 56.7 Å². The van der Waals surface area contributed by atoms with Crippen LogP contribution in [0, 0.1) is 0 Å². The first-order valence-electron chi connectivity index (χ1n) is 6.21. The molecule has 0 aromatic carbocycles. The van der Waals surface area contributed by atoms with Crippen molar-refractivity contribution in [3.8, 4) is 11.4 Å². The summed E-state index contributed by atoms with van der Waals surface area (Å²) >= 11 is 0.823. The van der Waals surface area contributed by atoms with Gasteiger partial charge in [0.15, 0.2) is 5.69 Å². The second kappa shape index (κ2) is 5.61. The van der Waals surface area contributed by atoms with E-state index in [0.29, 0.717) is 0 Å². The van der Waals surface area contributed by atoms with Gasteiger partial charge in [-0.3, -0.25) is 4.68 Å². The third kappa shape index (κ3) is 3.27. The Balaban J connectivity index is 1.82. The largest absolute Gasteiger partial charge is 0.435 e. The smallest absolute Gasteiger partial charge is 0.337 e. The zero-order valence-electron chi connectivity index (χ0n) is 11.4. The van der Waals surface area contributed by atoms with Gasteiger partial charge in [-0.15, -0.1) is 0 Å². The van der Waals surface area contributed by atoms with Gasteiger partial charge in [0, 0.05) is 22.5 Å². The fraction of sp³-hybridized carbons (Fsp3) is 0.250. The Morgan fingerprint density at radius 3 is 2.46 bits per heavy atom. The highest BCUT2D eigenvalue weighted by Gasteiger charge is 2.36. The highest BCUT2D eigenvalue weighted by Crippen LogP contribution is 2.38. The minimum absolute atomic E-state index is 0.166.